The van der Waals surface area contributed by atoms with Gasteiger partial charge in [-0.05, 0) is 5.21 Å². The van der Waals surface area contributed by atoms with E-state index in [4.69, 9.17) is 10.5 Å². The standard InChI is InChI=1S/C14H15N9O8S4/c15-12-16-6(20-34-12)1-7(24)17-8-9(25)23-10(31-14(26)27)4(2-32-11(8)23)5(3-35(28,29)30)33-13-18-21-22-19-13/h5,8,11H,1-3H2,(H,17,24)(H,26,27)(H2,15,16,20)(H,28,29,30)(H,18,19,21,22)/t5?,8-,11+/m1/s1. The third kappa shape index (κ3) is 5.80. The first-order chi connectivity index (χ1) is 16.5. The number of nitrogens with two attached hydrogens (primary N) is 1. The number of hydrogen-bond acceptors (Lipinski definition) is 15. The molecule has 1 unspecified atom stereocenters. The third-order valence-corrected chi connectivity index (χ3v) is 8.54. The zero-order valence-corrected chi connectivity index (χ0v) is 20.4. The van der Waals surface area contributed by atoms with Crippen LogP contribution in [0.3, 0.4) is 0 Å². The van der Waals surface area contributed by atoms with Crippen molar-refractivity contribution >= 4 is 68.3 Å². The molecule has 35 heavy (non-hydrogen) atoms. The molecular weight excluding hydrogens is 550 g/mol. The van der Waals surface area contributed by atoms with Gasteiger partial charge in [0.15, 0.2) is 11.0 Å². The number of nitrogen functional groups attached to an aromatic ring is 1. The van der Waals surface area contributed by atoms with Crippen molar-refractivity contribution in [2.24, 2.45) is 0 Å². The number of nitrogens with one attached hydrogen (secondary N) is 2. The van der Waals surface area contributed by atoms with Crippen LogP contribution in [-0.2, 0) is 30.9 Å². The summed E-state index contributed by atoms with van der Waals surface area (Å²) in [4.78, 5) is 41.5. The zero-order chi connectivity index (χ0) is 25.3. The predicted molar refractivity (Wildman–Crippen MR) is 119 cm³/mol. The van der Waals surface area contributed by atoms with E-state index in [-0.39, 0.29) is 33.9 Å². The van der Waals surface area contributed by atoms with Gasteiger partial charge in [-0.1, -0.05) is 11.8 Å². The van der Waals surface area contributed by atoms with E-state index in [2.05, 4.69) is 35.3 Å². The number of thioether (sulfide) groups is 2. The minimum atomic E-state index is -4.54. The Morgan fingerprint density at radius 1 is 1.43 bits per heavy atom. The van der Waals surface area contributed by atoms with Crippen LogP contribution in [0.25, 0.3) is 0 Å². The summed E-state index contributed by atoms with van der Waals surface area (Å²) in [6.07, 6.45) is -1.96. The fourth-order valence-electron chi connectivity index (χ4n) is 3.24. The molecular formula is C14H15N9O8S4. The van der Waals surface area contributed by atoms with Crippen molar-refractivity contribution in [3.63, 3.8) is 0 Å². The van der Waals surface area contributed by atoms with Crippen LogP contribution in [0.15, 0.2) is 16.6 Å². The molecule has 4 rings (SSSR count). The number of β-lactam (4-membered cyclic amide) rings is 1. The van der Waals surface area contributed by atoms with Gasteiger partial charge >= 0.3 is 6.16 Å². The zero-order valence-electron chi connectivity index (χ0n) is 17.1. The molecule has 1 saturated heterocycles. The SMILES string of the molecule is Nc1nc(CC(=O)N[C@@H]2C(=O)N3C(OC(=O)O)=C(C(CS(=O)(=O)O)Sc4nn[nH]n4)CS[C@@H]23)ns1. The summed E-state index contributed by atoms with van der Waals surface area (Å²) in [6.45, 7) is 0. The second kappa shape index (κ2) is 9.93. The number of H-pyrrole nitrogens is 1. The van der Waals surface area contributed by atoms with Gasteiger partial charge in [-0.2, -0.15) is 18.0 Å². The van der Waals surface area contributed by atoms with Gasteiger partial charge in [-0.25, -0.2) is 9.78 Å². The van der Waals surface area contributed by atoms with Gasteiger partial charge in [-0.15, -0.1) is 22.0 Å². The minimum Gasteiger partial charge on any atom is -0.449 e. The van der Waals surface area contributed by atoms with Gasteiger partial charge in [-0.3, -0.25) is 19.0 Å². The van der Waals surface area contributed by atoms with Crippen molar-refractivity contribution in [1.29, 1.82) is 0 Å². The Balaban J connectivity index is 1.57. The van der Waals surface area contributed by atoms with Crippen LogP contribution in [0.1, 0.15) is 5.82 Å². The van der Waals surface area contributed by atoms with E-state index in [1.54, 1.807) is 0 Å². The first-order valence-electron chi connectivity index (χ1n) is 9.33. The smallest absolute Gasteiger partial charge is 0.449 e. The number of carbonyl (C=O) groups is 3. The van der Waals surface area contributed by atoms with Crippen LogP contribution in [0, 0.1) is 0 Å². The van der Waals surface area contributed by atoms with Crippen LogP contribution in [-0.4, -0.2) is 99.1 Å². The van der Waals surface area contributed by atoms with Gasteiger partial charge in [0.2, 0.25) is 16.9 Å². The number of amides is 2. The van der Waals surface area contributed by atoms with Crippen molar-refractivity contribution in [1.82, 2.24) is 40.2 Å². The number of carboxylic acid groups (broad SMARTS) is 1. The summed E-state index contributed by atoms with van der Waals surface area (Å²) in [7, 11) is -4.54. The quantitative estimate of drug-likeness (QED) is 0.101. The largest absolute Gasteiger partial charge is 0.512 e. The molecule has 188 valence electrons. The third-order valence-electron chi connectivity index (χ3n) is 4.57. The highest BCUT2D eigenvalue weighted by Crippen LogP contribution is 2.44. The van der Waals surface area contributed by atoms with Gasteiger partial charge in [0.05, 0.1) is 17.4 Å². The van der Waals surface area contributed by atoms with Crippen molar-refractivity contribution in [3.8, 4) is 0 Å². The molecule has 0 radical (unpaired) electrons. The molecule has 0 bridgehead atoms. The van der Waals surface area contributed by atoms with E-state index in [1.807, 2.05) is 0 Å². The second-order valence-electron chi connectivity index (χ2n) is 6.93. The van der Waals surface area contributed by atoms with Crippen molar-refractivity contribution in [3.05, 3.63) is 17.3 Å². The summed E-state index contributed by atoms with van der Waals surface area (Å²) in [5.41, 5.74) is 5.59. The number of tetrazole rings is 1. The Kier molecular flexibility index (Phi) is 7.12. The van der Waals surface area contributed by atoms with Gasteiger partial charge < -0.3 is 20.9 Å². The number of aromatic amines is 1. The van der Waals surface area contributed by atoms with E-state index in [0.717, 1.165) is 40.0 Å². The maximum Gasteiger partial charge on any atom is 0.512 e. The number of nitrogens with zero attached hydrogens (tertiary/aromatic N) is 6. The highest BCUT2D eigenvalue weighted by molar-refractivity contribution is 8.01. The Labute approximate surface area is 208 Å². The van der Waals surface area contributed by atoms with Gasteiger partial charge in [0, 0.05) is 22.9 Å². The summed E-state index contributed by atoms with van der Waals surface area (Å²) in [5, 5.41) is 23.1. The molecule has 17 nitrogen and oxygen atoms in total. The molecule has 0 aliphatic carbocycles. The number of ether oxygens (including phenoxy) is 1. The molecule has 2 amide bonds. The summed E-state index contributed by atoms with van der Waals surface area (Å²) in [6, 6.07) is -0.998. The highest BCUT2D eigenvalue weighted by Gasteiger charge is 2.55. The van der Waals surface area contributed by atoms with E-state index < -0.39 is 56.4 Å². The number of rotatable bonds is 9. The molecule has 0 spiro atoms. The minimum absolute atomic E-state index is 0.0125. The average Bonchev–Trinajstić information content (AvgIpc) is 3.41. The number of carbonyl (C=O) groups excluding carboxylic acids is 2. The summed E-state index contributed by atoms with van der Waals surface area (Å²) < 4.78 is 41.5. The first-order valence-corrected chi connectivity index (χ1v) is 13.6. The molecule has 3 atom stereocenters. The maximum atomic E-state index is 12.9. The lowest BCUT2D eigenvalue weighted by Crippen LogP contribution is -2.70. The Hall–Kier alpha value is -3.01. The van der Waals surface area contributed by atoms with E-state index in [0.29, 0.717) is 0 Å². The van der Waals surface area contributed by atoms with Crippen LogP contribution >= 0.6 is 35.1 Å². The lowest BCUT2D eigenvalue weighted by molar-refractivity contribution is -0.149. The number of anilines is 1. The Bertz CT molecular complexity index is 1280. The molecule has 4 heterocycles. The topological polar surface area (TPSA) is 257 Å². The van der Waals surface area contributed by atoms with Crippen LogP contribution in [0.4, 0.5) is 9.93 Å². The number of fused-ring (bicyclic) bond motifs is 1. The molecule has 6 N–H and O–H groups in total. The molecule has 1 fully saturated rings. The summed E-state index contributed by atoms with van der Waals surface area (Å²) >= 11 is 2.83. The van der Waals surface area contributed by atoms with E-state index in [9.17, 15) is 32.5 Å². The Morgan fingerprint density at radius 2 is 2.20 bits per heavy atom. The predicted octanol–water partition coefficient (Wildman–Crippen LogP) is -1.47. The van der Waals surface area contributed by atoms with Crippen molar-refractivity contribution in [2.45, 2.75) is 28.2 Å². The molecule has 0 aromatic carbocycles. The fraction of sp³-hybridized carbons (Fsp3) is 0.429. The second-order valence-corrected chi connectivity index (χ2v) is 11.5. The van der Waals surface area contributed by atoms with Gasteiger partial charge in [0.25, 0.3) is 16.0 Å². The highest BCUT2D eigenvalue weighted by atomic mass is 32.2. The van der Waals surface area contributed by atoms with Crippen LogP contribution in [0.5, 0.6) is 0 Å². The molecule has 0 saturated carbocycles. The molecule has 21 heteroatoms. The molecule has 2 aromatic rings. The fourth-order valence-corrected chi connectivity index (χ4v) is 7.33. The lowest BCUT2D eigenvalue weighted by Gasteiger charge is -2.49. The van der Waals surface area contributed by atoms with Crippen LogP contribution < -0.4 is 11.1 Å². The van der Waals surface area contributed by atoms with E-state index in [1.165, 1.54) is 0 Å². The molecule has 2 aliphatic heterocycles. The maximum absolute atomic E-state index is 12.9. The number of hydrogen-bond donors (Lipinski definition) is 5. The monoisotopic (exact) mass is 565 g/mol. The molecule has 2 aliphatic rings. The first kappa shape index (κ1) is 25.1. The van der Waals surface area contributed by atoms with Crippen molar-refractivity contribution in [2.75, 3.05) is 17.2 Å². The lowest BCUT2D eigenvalue weighted by atomic mass is 10.1. The van der Waals surface area contributed by atoms with Crippen LogP contribution in [0.2, 0.25) is 0 Å². The van der Waals surface area contributed by atoms with Gasteiger partial charge in [0.1, 0.15) is 11.4 Å². The Morgan fingerprint density at radius 3 is 2.80 bits per heavy atom. The molecule has 2 aromatic heterocycles. The number of aromatic nitrogens is 6. The normalized spacial score (nSPS) is 20.7. The average molecular weight is 566 g/mol. The van der Waals surface area contributed by atoms with Crippen molar-refractivity contribution < 1.29 is 37.2 Å². The summed E-state index contributed by atoms with van der Waals surface area (Å²) in [5.74, 6) is -2.27. The van der Waals surface area contributed by atoms with E-state index >= 15 is 0 Å².